The first-order valence-electron chi connectivity index (χ1n) is 41.0. The number of sulfonamides is 2. The van der Waals surface area contributed by atoms with Gasteiger partial charge in [-0.15, -0.1) is 59.2 Å². The zero-order chi connectivity index (χ0) is 96.1. The number of urea groups is 1. The Kier molecular flexibility index (Phi) is 51.0. The van der Waals surface area contributed by atoms with E-state index in [1.54, 1.807) is 133 Å². The quantitative estimate of drug-likeness (QED) is 0.0442. The van der Waals surface area contributed by atoms with Crippen LogP contribution in [0.25, 0.3) is 0 Å². The van der Waals surface area contributed by atoms with E-state index in [1.807, 2.05) is 205 Å². The van der Waals surface area contributed by atoms with E-state index in [0.717, 1.165) is 114 Å². The number of phenols is 1. The summed E-state index contributed by atoms with van der Waals surface area (Å²) in [5, 5.41) is 20.0. The molecule has 10 aromatic carbocycles. The molecule has 0 aliphatic carbocycles. The minimum Gasteiger partial charge on any atom is -0.508 e. The Morgan fingerprint density at radius 3 is 1.26 bits per heavy atom. The Hall–Kier alpha value is -16.0. The fourth-order valence-electron chi connectivity index (χ4n) is 10.4. The SMILES string of the molecule is CC#Cc1ccc(N(C)S(C)(=O)=O)cc1.CC#Cc1ccc(N2CCNC2=O)cc1.CC#Cc1ccc(NS(=O)(=O)CC)cc1.CC#Cc1ccc(O)cc1.CC#Cc1ccc2c(c1)OCCO2.CC#Cc1cccc(N)c1.CC#Cc1cccc(NC(=O)C(C)C)c1.CC#Cc1cccc(NC(=O)CC)c1.CC#Cc1cccc(NC(C)=O)c1.CC#Cc1ccccc1N. The van der Waals surface area contributed by atoms with Crippen LogP contribution in [0.15, 0.2) is 237 Å². The predicted octanol–water partition coefficient (Wildman–Crippen LogP) is 18.8. The lowest BCUT2D eigenvalue weighted by Crippen LogP contribution is -2.27. The lowest BCUT2D eigenvalue weighted by molar-refractivity contribution is -0.119. The van der Waals surface area contributed by atoms with Crippen LogP contribution in [0.4, 0.5) is 50.3 Å². The summed E-state index contributed by atoms with van der Waals surface area (Å²) in [6, 6.07) is 71.9. The summed E-state index contributed by atoms with van der Waals surface area (Å²) in [6.07, 6.45) is 1.66. The highest BCUT2D eigenvalue weighted by molar-refractivity contribution is 7.92. The van der Waals surface area contributed by atoms with E-state index in [4.69, 9.17) is 26.0 Å². The molecular weight excluding hydrogens is 1660 g/mol. The highest BCUT2D eigenvalue weighted by Crippen LogP contribution is 2.31. The lowest BCUT2D eigenvalue weighted by Gasteiger charge is -2.17. The van der Waals surface area contributed by atoms with Gasteiger partial charge in [-0.2, -0.15) is 0 Å². The number of aromatic hydroxyl groups is 1. The predicted molar refractivity (Wildman–Crippen MR) is 535 cm³/mol. The van der Waals surface area contributed by atoms with Gasteiger partial charge in [0.2, 0.25) is 37.8 Å². The molecular formula is C108H113N9O11S2. The van der Waals surface area contributed by atoms with Crippen molar-refractivity contribution < 1.29 is 50.6 Å². The van der Waals surface area contributed by atoms with Crippen molar-refractivity contribution in [3.63, 3.8) is 0 Å². The van der Waals surface area contributed by atoms with Gasteiger partial charge in [0.25, 0.3) is 0 Å². The molecule has 1 saturated heterocycles. The maximum Gasteiger partial charge on any atom is 0.321 e. The Labute approximate surface area is 771 Å². The van der Waals surface area contributed by atoms with Crippen LogP contribution >= 0.6 is 0 Å². The first-order valence-corrected chi connectivity index (χ1v) is 44.5. The summed E-state index contributed by atoms with van der Waals surface area (Å²) in [6.45, 7) is 29.2. The molecule has 0 atom stereocenters. The van der Waals surface area contributed by atoms with Gasteiger partial charge in [-0.3, -0.25) is 28.3 Å². The van der Waals surface area contributed by atoms with Crippen LogP contribution in [0.1, 0.15) is 166 Å². The van der Waals surface area contributed by atoms with E-state index in [-0.39, 0.29) is 41.2 Å². The zero-order valence-corrected chi connectivity index (χ0v) is 78.4. The van der Waals surface area contributed by atoms with Crippen LogP contribution in [0.5, 0.6) is 17.2 Å². The second-order valence-corrected chi connectivity index (χ2v) is 31.2. The maximum atomic E-state index is 11.4. The number of carbonyl (C=O) groups is 4. The summed E-state index contributed by atoms with van der Waals surface area (Å²) >= 11 is 0. The van der Waals surface area contributed by atoms with Crippen molar-refractivity contribution in [3.05, 3.63) is 292 Å². The minimum atomic E-state index is -3.18. The second kappa shape index (κ2) is 61.3. The molecule has 0 aromatic heterocycles. The Bertz CT molecular complexity index is 6300. The number of ether oxygens (including phenoxy) is 2. The van der Waals surface area contributed by atoms with E-state index in [1.165, 1.54) is 24.5 Å². The van der Waals surface area contributed by atoms with Gasteiger partial charge in [0, 0.05) is 135 Å². The molecule has 668 valence electrons. The number of para-hydroxylation sites is 1. The second-order valence-electron chi connectivity index (χ2n) is 27.1. The molecule has 2 aliphatic heterocycles. The van der Waals surface area contributed by atoms with Crippen molar-refractivity contribution >= 4 is 89.3 Å². The van der Waals surface area contributed by atoms with Gasteiger partial charge in [0.1, 0.15) is 19.0 Å². The third-order valence-corrected chi connectivity index (χ3v) is 19.1. The Balaban J connectivity index is 0.000000374. The summed E-state index contributed by atoms with van der Waals surface area (Å²) in [7, 11) is -4.84. The number of nitrogen functional groups attached to an aromatic ring is 2. The lowest BCUT2D eigenvalue weighted by atomic mass is 10.1. The van der Waals surface area contributed by atoms with Crippen LogP contribution in [0, 0.1) is 124 Å². The molecule has 20 nitrogen and oxygen atoms in total. The van der Waals surface area contributed by atoms with E-state index in [2.05, 4.69) is 144 Å². The number of anilines is 8. The smallest absolute Gasteiger partial charge is 0.321 e. The summed E-state index contributed by atoms with van der Waals surface area (Å²) < 4.78 is 59.5. The van der Waals surface area contributed by atoms with E-state index >= 15 is 0 Å². The van der Waals surface area contributed by atoms with Gasteiger partial charge in [-0.1, -0.05) is 116 Å². The fourth-order valence-corrected chi connectivity index (χ4v) is 11.5. The molecule has 0 bridgehead atoms. The van der Waals surface area contributed by atoms with E-state index in [9.17, 15) is 36.0 Å². The molecule has 10 N–H and O–H groups in total. The van der Waals surface area contributed by atoms with Gasteiger partial charge in [-0.05, 0) is 276 Å². The van der Waals surface area contributed by atoms with Crippen LogP contribution < -0.4 is 56.1 Å². The first-order chi connectivity index (χ1) is 62.3. The third kappa shape index (κ3) is 45.0. The Morgan fingerprint density at radius 2 is 0.854 bits per heavy atom. The normalized spacial score (nSPS) is 10.1. The van der Waals surface area contributed by atoms with Crippen molar-refractivity contribution in [1.29, 1.82) is 0 Å². The van der Waals surface area contributed by atoms with Crippen molar-refractivity contribution in [1.82, 2.24) is 5.32 Å². The topological polar surface area (TPSA) is 294 Å². The molecule has 2 heterocycles. The van der Waals surface area contributed by atoms with Gasteiger partial charge in [0.15, 0.2) is 11.5 Å². The molecule has 12 rings (SSSR count). The third-order valence-electron chi connectivity index (χ3n) is 16.5. The number of hydrogen-bond donors (Lipinski definition) is 8. The molecule has 22 heteroatoms. The zero-order valence-electron chi connectivity index (χ0n) is 76.7. The first kappa shape index (κ1) is 108. The number of rotatable bonds is 11. The fraction of sp³-hybridized carbons (Fsp3) is 0.222. The molecule has 0 spiro atoms. The van der Waals surface area contributed by atoms with Crippen molar-refractivity contribution in [2.24, 2.45) is 5.92 Å². The highest BCUT2D eigenvalue weighted by atomic mass is 32.2. The molecule has 1 fully saturated rings. The van der Waals surface area contributed by atoms with Crippen LogP contribution in [-0.2, 0) is 34.4 Å². The average Bonchev–Trinajstić information content (AvgIpc) is 1.19. The molecule has 10 aromatic rings. The number of phenolic OH excluding ortho intramolecular Hbond substituents is 1. The molecule has 0 unspecified atom stereocenters. The number of amides is 5. The average molecular weight is 1780 g/mol. The van der Waals surface area contributed by atoms with E-state index < -0.39 is 20.0 Å². The van der Waals surface area contributed by atoms with Crippen molar-refractivity contribution in [3.8, 4) is 136 Å². The summed E-state index contributed by atoms with van der Waals surface area (Å²) in [4.78, 5) is 46.4. The monoisotopic (exact) mass is 1780 g/mol. The van der Waals surface area contributed by atoms with Crippen molar-refractivity contribution in [2.75, 3.05) is 86.7 Å². The number of nitrogens with zero attached hydrogens (tertiary/aromatic N) is 2. The number of benzene rings is 10. The van der Waals surface area contributed by atoms with Crippen LogP contribution in [0.3, 0.4) is 0 Å². The van der Waals surface area contributed by atoms with Gasteiger partial charge in [-0.25, -0.2) is 21.6 Å². The van der Waals surface area contributed by atoms with Crippen LogP contribution in [0.2, 0.25) is 0 Å². The minimum absolute atomic E-state index is 0.00841. The number of fused-ring (bicyclic) bond motifs is 1. The largest absolute Gasteiger partial charge is 0.508 e. The Morgan fingerprint density at radius 1 is 0.462 bits per heavy atom. The maximum absolute atomic E-state index is 11.4. The molecule has 0 saturated carbocycles. The summed E-state index contributed by atoms with van der Waals surface area (Å²) in [5.74, 6) is 59.2. The molecule has 130 heavy (non-hydrogen) atoms. The number of hydrogen-bond acceptors (Lipinski definition) is 13. The molecule has 5 amide bonds. The van der Waals surface area contributed by atoms with Crippen LogP contribution in [-0.4, -0.2) is 91.1 Å². The molecule has 0 radical (unpaired) electrons. The standard InChI is InChI=1S/C13H15NO.C12H12N2O.C12H13NO.2C11H13NO2S.C11H11NO.C11H10O2.2C9H9N.C9H8O/c1-4-6-11-7-5-8-12(9-11)14-13(15)10(2)3;1-2-3-10-4-6-11(7-5-10)14-9-8-13-12(14)15;1-3-6-10-7-5-8-11(9-10)13-12(14)4-2;1-4-5-10-6-8-11(9-7-10)12(2)15(3,13)14;1-3-5-10-6-8-11(9-7-10)12-15(13,14)4-2;1-3-5-10-6-4-7-11(8-10)12-9(2)13;1-2-3-9-4-5-10-11(8-9)13-7-6-12-10;1-2-5-8-6-3-4-7-9(8)10;1-2-4-8-5-3-6-9(10)7-8;1-2-3-8-4-6-9(10)7-5-8/h5,7-10H,1-3H3,(H,14,15);4-7H,8-9H2,1H3,(H,13,15);5,7-9H,4H2,1-2H3,(H,13,14);6-9H,1-3H3;6-9,12H,4H2,1-2H3;4,6-8H,1-2H3,(H,12,13);4-5,8H,6-7H2,1H3;3-4,6-7H,10H2,1H3;3,5-7H,10H2,1H3;4-7,10H,1H3. The number of nitrogens with one attached hydrogen (secondary N) is 5. The molecule has 2 aliphatic rings. The summed E-state index contributed by atoms with van der Waals surface area (Å²) in [5.41, 5.74) is 26.4. The van der Waals surface area contributed by atoms with Gasteiger partial charge >= 0.3 is 6.03 Å². The van der Waals surface area contributed by atoms with Gasteiger partial charge < -0.3 is 47.3 Å². The van der Waals surface area contributed by atoms with Crippen molar-refractivity contribution in [2.45, 2.75) is 110 Å². The van der Waals surface area contributed by atoms with E-state index in [0.29, 0.717) is 31.0 Å². The highest BCUT2D eigenvalue weighted by Gasteiger charge is 2.21. The number of carbonyl (C=O) groups excluding carboxylic acids is 4. The number of nitrogens with two attached hydrogens (primary N) is 2. The van der Waals surface area contributed by atoms with Gasteiger partial charge in [0.05, 0.1) is 17.7 Å².